The van der Waals surface area contributed by atoms with Crippen LogP contribution < -0.4 is 10.1 Å². The predicted molar refractivity (Wildman–Crippen MR) is 87.1 cm³/mol. The number of anilines is 1. The zero-order valence-corrected chi connectivity index (χ0v) is 13.3. The van der Waals surface area contributed by atoms with Crippen LogP contribution in [0.1, 0.15) is 38.2 Å². The zero-order chi connectivity index (χ0) is 15.1. The van der Waals surface area contributed by atoms with E-state index in [1.807, 2.05) is 31.2 Å². The Bertz CT molecular complexity index is 551. The first-order chi connectivity index (χ1) is 10.2. The number of halogens is 1. The highest BCUT2D eigenvalue weighted by Gasteiger charge is 2.07. The van der Waals surface area contributed by atoms with E-state index in [1.54, 1.807) is 0 Å². The summed E-state index contributed by atoms with van der Waals surface area (Å²) in [5, 5.41) is 3.88. The van der Waals surface area contributed by atoms with Crippen molar-refractivity contribution in [1.29, 1.82) is 0 Å². The summed E-state index contributed by atoms with van der Waals surface area (Å²) < 4.78 is 5.42. The van der Waals surface area contributed by atoms with E-state index >= 15 is 0 Å². The van der Waals surface area contributed by atoms with Gasteiger partial charge in [0, 0.05) is 12.1 Å². The van der Waals surface area contributed by atoms with Crippen molar-refractivity contribution in [3.8, 4) is 5.75 Å². The molecule has 21 heavy (non-hydrogen) atoms. The number of imidazole rings is 1. The van der Waals surface area contributed by atoms with E-state index in [9.17, 15) is 0 Å². The van der Waals surface area contributed by atoms with Gasteiger partial charge in [-0.15, -0.1) is 0 Å². The molecule has 0 aliphatic rings. The molecule has 1 heterocycles. The first-order valence-electron chi connectivity index (χ1n) is 7.43. The van der Waals surface area contributed by atoms with Gasteiger partial charge >= 0.3 is 0 Å². The third-order valence-corrected chi connectivity index (χ3v) is 3.49. The SMILES string of the molecule is CCCCc1nc(Cl)c(CNc2ccc(OCC)cc2)[nH]1. The van der Waals surface area contributed by atoms with Crippen molar-refractivity contribution in [2.45, 2.75) is 39.7 Å². The highest BCUT2D eigenvalue weighted by molar-refractivity contribution is 6.30. The molecule has 0 aliphatic heterocycles. The minimum Gasteiger partial charge on any atom is -0.494 e. The molecule has 2 aromatic rings. The number of nitrogens with zero attached hydrogens (tertiary/aromatic N) is 1. The average molecular weight is 308 g/mol. The van der Waals surface area contributed by atoms with Crippen LogP contribution in [0.15, 0.2) is 24.3 Å². The van der Waals surface area contributed by atoms with Gasteiger partial charge in [0.05, 0.1) is 18.8 Å². The van der Waals surface area contributed by atoms with Crippen LogP contribution in [-0.4, -0.2) is 16.6 Å². The van der Waals surface area contributed by atoms with Gasteiger partial charge in [0.25, 0.3) is 0 Å². The Hall–Kier alpha value is -1.68. The highest BCUT2D eigenvalue weighted by atomic mass is 35.5. The van der Waals surface area contributed by atoms with Crippen LogP contribution >= 0.6 is 11.6 Å². The smallest absolute Gasteiger partial charge is 0.152 e. The van der Waals surface area contributed by atoms with Crippen molar-refractivity contribution in [2.75, 3.05) is 11.9 Å². The van der Waals surface area contributed by atoms with E-state index in [1.165, 1.54) is 0 Å². The quantitative estimate of drug-likeness (QED) is 0.759. The maximum absolute atomic E-state index is 6.15. The van der Waals surface area contributed by atoms with E-state index in [4.69, 9.17) is 16.3 Å². The first-order valence-corrected chi connectivity index (χ1v) is 7.80. The fraction of sp³-hybridized carbons (Fsp3) is 0.438. The number of aryl methyl sites for hydroxylation is 1. The Balaban J connectivity index is 1.91. The van der Waals surface area contributed by atoms with Gasteiger partial charge in [-0.05, 0) is 37.6 Å². The van der Waals surface area contributed by atoms with Crippen LogP contribution in [-0.2, 0) is 13.0 Å². The summed E-state index contributed by atoms with van der Waals surface area (Å²) in [6.07, 6.45) is 3.22. The number of hydrogen-bond donors (Lipinski definition) is 2. The molecule has 0 unspecified atom stereocenters. The molecule has 0 saturated heterocycles. The third kappa shape index (κ3) is 4.67. The summed E-state index contributed by atoms with van der Waals surface area (Å²) in [5.41, 5.74) is 1.95. The minimum absolute atomic E-state index is 0.555. The van der Waals surface area contributed by atoms with Gasteiger partial charge in [-0.25, -0.2) is 4.98 Å². The van der Waals surface area contributed by atoms with Crippen molar-refractivity contribution >= 4 is 17.3 Å². The van der Waals surface area contributed by atoms with E-state index in [0.29, 0.717) is 18.3 Å². The summed E-state index contributed by atoms with van der Waals surface area (Å²) in [6, 6.07) is 7.89. The summed E-state index contributed by atoms with van der Waals surface area (Å²) >= 11 is 6.15. The molecule has 0 radical (unpaired) electrons. The Morgan fingerprint density at radius 1 is 1.24 bits per heavy atom. The number of hydrogen-bond acceptors (Lipinski definition) is 3. The molecule has 4 nitrogen and oxygen atoms in total. The number of aromatic amines is 1. The van der Waals surface area contributed by atoms with E-state index in [0.717, 1.165) is 42.2 Å². The van der Waals surface area contributed by atoms with Crippen molar-refractivity contribution in [1.82, 2.24) is 9.97 Å². The average Bonchev–Trinajstić information content (AvgIpc) is 2.85. The first kappa shape index (κ1) is 15.7. The van der Waals surface area contributed by atoms with Crippen LogP contribution in [0.25, 0.3) is 0 Å². The Kier molecular flexibility index (Phi) is 5.93. The normalized spacial score (nSPS) is 10.6. The highest BCUT2D eigenvalue weighted by Crippen LogP contribution is 2.18. The monoisotopic (exact) mass is 307 g/mol. The lowest BCUT2D eigenvalue weighted by atomic mass is 10.2. The fourth-order valence-electron chi connectivity index (χ4n) is 2.05. The number of ether oxygens (including phenoxy) is 1. The second kappa shape index (κ2) is 7.93. The summed E-state index contributed by atoms with van der Waals surface area (Å²) in [7, 11) is 0. The lowest BCUT2D eigenvalue weighted by molar-refractivity contribution is 0.340. The molecule has 1 aromatic heterocycles. The topological polar surface area (TPSA) is 49.9 Å². The Morgan fingerprint density at radius 2 is 2.00 bits per heavy atom. The van der Waals surface area contributed by atoms with Crippen molar-refractivity contribution in [3.63, 3.8) is 0 Å². The Labute approximate surface area is 130 Å². The number of rotatable bonds is 8. The van der Waals surface area contributed by atoms with Gasteiger partial charge in [-0.2, -0.15) is 0 Å². The van der Waals surface area contributed by atoms with Gasteiger partial charge in [0.1, 0.15) is 11.6 Å². The van der Waals surface area contributed by atoms with Crippen LogP contribution in [0.3, 0.4) is 0 Å². The van der Waals surface area contributed by atoms with Gasteiger partial charge < -0.3 is 15.0 Å². The van der Waals surface area contributed by atoms with Crippen molar-refractivity contribution in [3.05, 3.63) is 40.9 Å². The summed E-state index contributed by atoms with van der Waals surface area (Å²) in [5.74, 6) is 1.84. The predicted octanol–water partition coefficient (Wildman–Crippen LogP) is 4.42. The van der Waals surface area contributed by atoms with Gasteiger partial charge in [-0.3, -0.25) is 0 Å². The molecule has 0 spiro atoms. The van der Waals surface area contributed by atoms with Gasteiger partial charge in [0.2, 0.25) is 0 Å². The molecule has 2 N–H and O–H groups in total. The van der Waals surface area contributed by atoms with Gasteiger partial charge in [0.15, 0.2) is 5.15 Å². The van der Waals surface area contributed by atoms with E-state index in [2.05, 4.69) is 22.2 Å². The van der Waals surface area contributed by atoms with Crippen LogP contribution in [0.2, 0.25) is 5.15 Å². The second-order valence-corrected chi connectivity index (χ2v) is 5.23. The standard InChI is InChI=1S/C16H22ClN3O/c1-3-5-6-15-19-14(16(17)20-15)11-18-12-7-9-13(10-8-12)21-4-2/h7-10,18H,3-6,11H2,1-2H3,(H,19,20). The molecular formula is C16H22ClN3O. The maximum atomic E-state index is 6.15. The number of H-pyrrole nitrogens is 1. The van der Waals surface area contributed by atoms with Crippen LogP contribution in [0.4, 0.5) is 5.69 Å². The molecule has 5 heteroatoms. The molecule has 0 atom stereocenters. The fourth-order valence-corrected chi connectivity index (χ4v) is 2.26. The molecule has 0 fully saturated rings. The summed E-state index contributed by atoms with van der Waals surface area (Å²) in [6.45, 7) is 5.45. The molecular weight excluding hydrogens is 286 g/mol. The van der Waals surface area contributed by atoms with Crippen LogP contribution in [0, 0.1) is 0 Å². The Morgan fingerprint density at radius 3 is 2.67 bits per heavy atom. The third-order valence-electron chi connectivity index (χ3n) is 3.18. The number of benzene rings is 1. The lowest BCUT2D eigenvalue weighted by Crippen LogP contribution is -2.01. The maximum Gasteiger partial charge on any atom is 0.152 e. The minimum atomic E-state index is 0.555. The molecule has 0 amide bonds. The van der Waals surface area contributed by atoms with Crippen molar-refractivity contribution < 1.29 is 4.74 Å². The lowest BCUT2D eigenvalue weighted by Gasteiger charge is -2.07. The summed E-state index contributed by atoms with van der Waals surface area (Å²) in [4.78, 5) is 7.64. The van der Waals surface area contributed by atoms with E-state index in [-0.39, 0.29) is 0 Å². The molecule has 0 aliphatic carbocycles. The largest absolute Gasteiger partial charge is 0.494 e. The number of unbranched alkanes of at least 4 members (excludes halogenated alkanes) is 1. The second-order valence-electron chi connectivity index (χ2n) is 4.87. The zero-order valence-electron chi connectivity index (χ0n) is 12.6. The number of aromatic nitrogens is 2. The van der Waals surface area contributed by atoms with Gasteiger partial charge in [-0.1, -0.05) is 24.9 Å². The number of nitrogens with one attached hydrogen (secondary N) is 2. The molecule has 0 saturated carbocycles. The van der Waals surface area contributed by atoms with Crippen molar-refractivity contribution in [2.24, 2.45) is 0 Å². The van der Waals surface area contributed by atoms with E-state index < -0.39 is 0 Å². The molecule has 0 bridgehead atoms. The van der Waals surface area contributed by atoms with Crippen LogP contribution in [0.5, 0.6) is 5.75 Å². The molecule has 1 aromatic carbocycles. The molecule has 114 valence electrons. The molecule has 2 rings (SSSR count).